The van der Waals surface area contributed by atoms with Gasteiger partial charge in [-0.25, -0.2) is 0 Å². The van der Waals surface area contributed by atoms with E-state index in [1.807, 2.05) is 6.07 Å². The first-order chi connectivity index (χ1) is 18.4. The number of fused-ring (bicyclic) bond motifs is 3. The Labute approximate surface area is 223 Å². The third-order valence-corrected chi connectivity index (χ3v) is 8.02. The van der Waals surface area contributed by atoms with Crippen LogP contribution in [0.3, 0.4) is 0 Å². The Morgan fingerprint density at radius 1 is 1.21 bits per heavy atom. The number of nitrogens with zero attached hydrogens (tertiary/aromatic N) is 2. The molecule has 0 bridgehead atoms. The average Bonchev–Trinajstić information content (AvgIpc) is 2.86. The van der Waals surface area contributed by atoms with Crippen LogP contribution in [-0.2, 0) is 27.4 Å². The van der Waals surface area contributed by atoms with Crippen LogP contribution in [0.5, 0.6) is 5.75 Å². The number of phenols is 1. The van der Waals surface area contributed by atoms with Crippen LogP contribution in [0, 0.1) is 11.8 Å². The predicted octanol–water partition coefficient (Wildman–Crippen LogP) is 1.33. The van der Waals surface area contributed by atoms with Crippen molar-refractivity contribution >= 4 is 17.5 Å². The lowest BCUT2D eigenvalue weighted by molar-refractivity contribution is -0.148. The molecule has 4 atom stereocenters. The molecule has 0 unspecified atom stereocenters. The van der Waals surface area contributed by atoms with Crippen LogP contribution in [0.1, 0.15) is 27.9 Å². The number of aliphatic hydroxyl groups is 3. The number of aromatic hydroxyl groups is 1. The van der Waals surface area contributed by atoms with Gasteiger partial charge in [0.1, 0.15) is 22.8 Å². The summed E-state index contributed by atoms with van der Waals surface area (Å²) in [6.07, 6.45) is 3.50. The molecule has 1 heterocycles. The number of amides is 1. The minimum Gasteiger partial charge on any atom is -0.510 e. The van der Waals surface area contributed by atoms with Crippen molar-refractivity contribution in [3.8, 4) is 16.9 Å². The molecule has 39 heavy (non-hydrogen) atoms. The van der Waals surface area contributed by atoms with E-state index in [2.05, 4.69) is 4.98 Å². The van der Waals surface area contributed by atoms with Crippen molar-refractivity contribution in [2.24, 2.45) is 17.6 Å². The summed E-state index contributed by atoms with van der Waals surface area (Å²) < 4.78 is 5.20. The number of nitrogens with two attached hydrogens (primary N) is 1. The van der Waals surface area contributed by atoms with Gasteiger partial charge in [0.05, 0.1) is 18.2 Å². The van der Waals surface area contributed by atoms with Crippen LogP contribution in [-0.4, -0.2) is 80.6 Å². The molecule has 0 radical (unpaired) electrons. The second kappa shape index (κ2) is 9.30. The first kappa shape index (κ1) is 26.5. The number of ketones is 2. The molecular weight excluding hydrogens is 506 g/mol. The number of methoxy groups -OCH3 is 1. The highest BCUT2D eigenvalue weighted by molar-refractivity contribution is 6.24. The number of rotatable bonds is 5. The fourth-order valence-electron chi connectivity index (χ4n) is 6.40. The lowest BCUT2D eigenvalue weighted by atomic mass is 9.58. The van der Waals surface area contributed by atoms with Gasteiger partial charge in [-0.1, -0.05) is 6.07 Å². The fraction of sp³-hybridized carbons (Fsp3) is 0.357. The molecule has 204 valence electrons. The number of allylic oxidation sites excluding steroid dienone is 1. The topological polar surface area (TPSA) is 184 Å². The largest absolute Gasteiger partial charge is 0.510 e. The van der Waals surface area contributed by atoms with E-state index in [1.54, 1.807) is 39.7 Å². The lowest BCUT2D eigenvalue weighted by Crippen LogP contribution is -2.63. The van der Waals surface area contributed by atoms with Crippen molar-refractivity contribution in [3.63, 3.8) is 0 Å². The molecule has 1 aromatic carbocycles. The number of aliphatic hydroxyl groups excluding tert-OH is 2. The number of carbonyl (C=O) groups excluding carboxylic acids is 3. The summed E-state index contributed by atoms with van der Waals surface area (Å²) in [4.78, 5) is 45.1. The molecule has 0 fully saturated rings. The normalized spacial score (nSPS) is 26.4. The third-order valence-electron chi connectivity index (χ3n) is 8.02. The highest BCUT2D eigenvalue weighted by Gasteiger charge is 2.63. The highest BCUT2D eigenvalue weighted by Crippen LogP contribution is 2.53. The van der Waals surface area contributed by atoms with Gasteiger partial charge in [0.25, 0.3) is 5.91 Å². The number of phenolic OH excluding ortho intramolecular Hbond substituents is 1. The summed E-state index contributed by atoms with van der Waals surface area (Å²) in [5, 5.41) is 44.7. The van der Waals surface area contributed by atoms with E-state index in [4.69, 9.17) is 10.5 Å². The number of hydrogen-bond donors (Lipinski definition) is 5. The van der Waals surface area contributed by atoms with Crippen LogP contribution in [0.4, 0.5) is 0 Å². The molecule has 2 aromatic rings. The van der Waals surface area contributed by atoms with Crippen molar-refractivity contribution in [1.29, 1.82) is 0 Å². The van der Waals surface area contributed by atoms with Crippen LogP contribution >= 0.6 is 0 Å². The minimum atomic E-state index is -2.67. The van der Waals surface area contributed by atoms with Crippen LogP contribution in [0.2, 0.25) is 0 Å². The molecule has 11 heteroatoms. The van der Waals surface area contributed by atoms with Crippen LogP contribution < -0.4 is 5.73 Å². The van der Waals surface area contributed by atoms with Crippen molar-refractivity contribution in [2.75, 3.05) is 21.2 Å². The summed E-state index contributed by atoms with van der Waals surface area (Å²) in [6.45, 7) is 0.327. The van der Waals surface area contributed by atoms with Crippen molar-refractivity contribution in [3.05, 3.63) is 69.9 Å². The van der Waals surface area contributed by atoms with Crippen molar-refractivity contribution in [1.82, 2.24) is 9.88 Å². The fourth-order valence-corrected chi connectivity index (χ4v) is 6.40. The molecule has 0 saturated carbocycles. The minimum absolute atomic E-state index is 0.0167. The number of pyridine rings is 1. The van der Waals surface area contributed by atoms with Gasteiger partial charge in [0, 0.05) is 36.6 Å². The Bertz CT molecular complexity index is 1490. The molecule has 1 aromatic heterocycles. The Kier molecular flexibility index (Phi) is 6.33. The zero-order valence-corrected chi connectivity index (χ0v) is 21.6. The number of likely N-dealkylation sites (N-methyl/N-ethyl adjacent to an activating group) is 1. The zero-order chi connectivity index (χ0) is 28.4. The Hall–Kier alpha value is -4.06. The first-order valence-electron chi connectivity index (χ1n) is 12.4. The van der Waals surface area contributed by atoms with E-state index in [1.165, 1.54) is 11.0 Å². The van der Waals surface area contributed by atoms with Gasteiger partial charge in [-0.15, -0.1) is 0 Å². The summed E-state index contributed by atoms with van der Waals surface area (Å²) in [7, 11) is 4.74. The third kappa shape index (κ3) is 3.76. The van der Waals surface area contributed by atoms with Gasteiger partial charge in [-0.2, -0.15) is 0 Å². The number of aromatic nitrogens is 1. The van der Waals surface area contributed by atoms with Gasteiger partial charge >= 0.3 is 0 Å². The maximum Gasteiger partial charge on any atom is 0.255 e. The molecule has 0 aliphatic heterocycles. The number of primary amides is 1. The highest BCUT2D eigenvalue weighted by atomic mass is 16.5. The van der Waals surface area contributed by atoms with Crippen molar-refractivity contribution < 1.29 is 39.5 Å². The maximum absolute atomic E-state index is 13.9. The van der Waals surface area contributed by atoms with E-state index >= 15 is 0 Å². The number of benzene rings is 1. The van der Waals surface area contributed by atoms with Crippen molar-refractivity contribution in [2.45, 2.75) is 31.1 Å². The van der Waals surface area contributed by atoms with E-state index in [-0.39, 0.29) is 29.7 Å². The van der Waals surface area contributed by atoms with Gasteiger partial charge in [0.15, 0.2) is 11.4 Å². The first-order valence-corrected chi connectivity index (χ1v) is 12.4. The smallest absolute Gasteiger partial charge is 0.255 e. The zero-order valence-electron chi connectivity index (χ0n) is 21.6. The number of Topliss-reactive ketones (excluding diaryl/α,β-unsaturated/α-hetero) is 2. The Morgan fingerprint density at radius 3 is 2.56 bits per heavy atom. The van der Waals surface area contributed by atoms with Crippen LogP contribution in [0.25, 0.3) is 11.1 Å². The average molecular weight is 536 g/mol. The lowest BCUT2D eigenvalue weighted by Gasteiger charge is -2.50. The Balaban J connectivity index is 1.70. The molecule has 6 N–H and O–H groups in total. The van der Waals surface area contributed by atoms with Gasteiger partial charge in [-0.3, -0.25) is 24.3 Å². The van der Waals surface area contributed by atoms with Gasteiger partial charge in [0.2, 0.25) is 5.78 Å². The molecule has 0 spiro atoms. The molecule has 5 rings (SSSR count). The monoisotopic (exact) mass is 535 g/mol. The second-order valence-electron chi connectivity index (χ2n) is 10.5. The van der Waals surface area contributed by atoms with Crippen LogP contribution in [0.15, 0.2) is 53.3 Å². The molecular formula is C28H29N3O8. The number of hydrogen-bond acceptors (Lipinski definition) is 10. The molecule has 1 amide bonds. The summed E-state index contributed by atoms with van der Waals surface area (Å²) in [5.41, 5.74) is 4.30. The van der Waals surface area contributed by atoms with E-state index < -0.39 is 58.0 Å². The predicted molar refractivity (Wildman–Crippen MR) is 138 cm³/mol. The number of carbonyl (C=O) groups is 3. The SMILES string of the molecule is COCc1cncc(-c2ccc(O)c3c2C[C@H]2C[C@H]4[C@@H](N(C)C)C(O)=C(C(N)=O)C(=O)[C@@]4(O)C(O)=C2C3=O)c1. The van der Waals surface area contributed by atoms with E-state index in [0.717, 1.165) is 5.56 Å². The molecule has 3 aliphatic rings. The Morgan fingerprint density at radius 2 is 1.92 bits per heavy atom. The quantitative estimate of drug-likeness (QED) is 0.350. The van der Waals surface area contributed by atoms with E-state index in [0.29, 0.717) is 23.3 Å². The van der Waals surface area contributed by atoms with Gasteiger partial charge in [-0.05, 0) is 61.7 Å². The molecule has 0 saturated heterocycles. The summed E-state index contributed by atoms with van der Waals surface area (Å²) in [5.74, 6) is -6.83. The van der Waals surface area contributed by atoms with Gasteiger partial charge < -0.3 is 30.9 Å². The number of ether oxygens (including phenoxy) is 1. The second-order valence-corrected chi connectivity index (χ2v) is 10.5. The standard InChI is InChI=1S/C28H29N3O8/c1-31(2)22-17-8-13-7-16-15(14-6-12(11-39-3)9-30-10-14)4-5-18(32)20(16)23(33)19(13)25(35)28(17,38)26(36)21(24(22)34)27(29)37/h4-6,9-10,13,17,22,32,34-35,38H,7-8,11H2,1-3H3,(H2,29,37)/t13-,17-,22+,28-/m0/s1. The maximum atomic E-state index is 13.9. The molecule has 11 nitrogen and oxygen atoms in total. The summed E-state index contributed by atoms with van der Waals surface area (Å²) >= 11 is 0. The van der Waals surface area contributed by atoms with E-state index in [9.17, 15) is 34.8 Å². The summed E-state index contributed by atoms with van der Waals surface area (Å²) in [6, 6.07) is 3.87. The molecule has 3 aliphatic carbocycles.